The van der Waals surface area contributed by atoms with Crippen molar-refractivity contribution in [2.45, 2.75) is 26.3 Å². The van der Waals surface area contributed by atoms with Gasteiger partial charge in [0.15, 0.2) is 5.69 Å². The van der Waals surface area contributed by atoms with Gasteiger partial charge >= 0.3 is 0 Å². The topological polar surface area (TPSA) is 59.7 Å². The molecule has 0 spiro atoms. The molecule has 3 aliphatic rings. The van der Waals surface area contributed by atoms with Crippen LogP contribution in [-0.4, -0.2) is 38.1 Å². The predicted octanol–water partition coefficient (Wildman–Crippen LogP) is 0.793. The van der Waals surface area contributed by atoms with Crippen molar-refractivity contribution in [2.75, 3.05) is 18.0 Å². The van der Waals surface area contributed by atoms with Gasteiger partial charge in [-0.25, -0.2) is 4.98 Å². The van der Waals surface area contributed by atoms with Crippen molar-refractivity contribution in [1.82, 2.24) is 25.0 Å². The highest BCUT2D eigenvalue weighted by Crippen LogP contribution is 2.30. The van der Waals surface area contributed by atoms with E-state index in [0.717, 1.165) is 31.1 Å². The minimum atomic E-state index is 0.648. The lowest BCUT2D eigenvalue weighted by molar-refractivity contribution is 0.721. The molecule has 6 heteroatoms. The Bertz CT molecular complexity index is 465. The maximum Gasteiger partial charge on any atom is 0.209 e. The molecule has 0 atom stereocenters. The summed E-state index contributed by atoms with van der Waals surface area (Å²) in [6.45, 7) is 5.29. The summed E-state index contributed by atoms with van der Waals surface area (Å²) in [4.78, 5) is 6.58. The summed E-state index contributed by atoms with van der Waals surface area (Å²) in [5, 5.41) is 11.7. The van der Waals surface area contributed by atoms with Crippen molar-refractivity contribution >= 4 is 5.82 Å². The third-order valence-electron chi connectivity index (χ3n) is 2.99. The summed E-state index contributed by atoms with van der Waals surface area (Å²) in [5.74, 6) is 1.78. The Kier molecular flexibility index (Phi) is 2.19. The van der Waals surface area contributed by atoms with Gasteiger partial charge in [0.2, 0.25) is 5.82 Å². The van der Waals surface area contributed by atoms with E-state index in [1.807, 2.05) is 6.33 Å². The van der Waals surface area contributed by atoms with Crippen molar-refractivity contribution in [2.24, 2.45) is 0 Å². The van der Waals surface area contributed by atoms with Crippen LogP contribution in [0.3, 0.4) is 0 Å². The van der Waals surface area contributed by atoms with Gasteiger partial charge in [-0.3, -0.25) is 0 Å². The van der Waals surface area contributed by atoms with E-state index < -0.39 is 0 Å². The van der Waals surface area contributed by atoms with E-state index in [0.29, 0.717) is 5.82 Å². The fourth-order valence-corrected chi connectivity index (χ4v) is 2.14. The second-order valence-corrected chi connectivity index (χ2v) is 4.06. The molecule has 3 aliphatic heterocycles. The van der Waals surface area contributed by atoms with E-state index in [9.17, 15) is 0 Å². The van der Waals surface area contributed by atoms with Crippen molar-refractivity contribution in [3.05, 3.63) is 6.33 Å². The summed E-state index contributed by atoms with van der Waals surface area (Å²) < 4.78 is 2.13. The molecule has 0 unspecified atom stereocenters. The van der Waals surface area contributed by atoms with Crippen LogP contribution in [0.5, 0.6) is 0 Å². The molecule has 0 amide bonds. The summed E-state index contributed by atoms with van der Waals surface area (Å²) in [6.07, 6.45) is 4.24. The Morgan fingerprint density at radius 2 is 2.25 bits per heavy atom. The molecule has 16 heavy (non-hydrogen) atoms. The molecule has 0 aromatic heterocycles. The largest absolute Gasteiger partial charge is 0.354 e. The Labute approximate surface area is 93.6 Å². The van der Waals surface area contributed by atoms with Crippen LogP contribution >= 0.6 is 0 Å². The van der Waals surface area contributed by atoms with Crippen LogP contribution in [0.15, 0.2) is 6.33 Å². The summed E-state index contributed by atoms with van der Waals surface area (Å²) in [6, 6.07) is 0. The fraction of sp³-hybridized carbons (Fsp3) is 0.600. The van der Waals surface area contributed by atoms with Crippen molar-refractivity contribution in [3.8, 4) is 11.5 Å². The summed E-state index contributed by atoms with van der Waals surface area (Å²) in [7, 11) is 0. The van der Waals surface area contributed by atoms with Crippen LogP contribution in [0, 0.1) is 0 Å². The lowest BCUT2D eigenvalue weighted by Gasteiger charge is -2.18. The van der Waals surface area contributed by atoms with Gasteiger partial charge in [0.05, 0.1) is 6.33 Å². The zero-order valence-electron chi connectivity index (χ0n) is 9.30. The minimum Gasteiger partial charge on any atom is -0.354 e. The van der Waals surface area contributed by atoms with Gasteiger partial charge in [0.25, 0.3) is 0 Å². The minimum absolute atomic E-state index is 0.648. The third-order valence-corrected chi connectivity index (χ3v) is 2.99. The molecule has 0 saturated carbocycles. The van der Waals surface area contributed by atoms with Gasteiger partial charge in [-0.1, -0.05) is 13.3 Å². The normalized spacial score (nSPS) is 14.7. The molecule has 3 heterocycles. The maximum absolute atomic E-state index is 4.23. The van der Waals surface area contributed by atoms with E-state index in [4.69, 9.17) is 0 Å². The first-order valence-corrected chi connectivity index (χ1v) is 5.69. The van der Waals surface area contributed by atoms with Crippen LogP contribution in [0.1, 0.15) is 19.8 Å². The quantitative estimate of drug-likeness (QED) is 0.762. The molecule has 0 saturated heterocycles. The second-order valence-electron chi connectivity index (χ2n) is 4.06. The SMILES string of the molecule is CCCCN1CCn2cnc3nnnc-3c21. The Morgan fingerprint density at radius 1 is 1.31 bits per heavy atom. The molecule has 3 rings (SSSR count). The molecule has 84 valence electrons. The molecule has 0 radical (unpaired) electrons. The molecule has 0 aliphatic carbocycles. The molecule has 0 aromatic rings. The van der Waals surface area contributed by atoms with Crippen LogP contribution in [0.4, 0.5) is 5.82 Å². The van der Waals surface area contributed by atoms with Crippen LogP contribution in [0.2, 0.25) is 0 Å². The highest BCUT2D eigenvalue weighted by molar-refractivity contribution is 5.68. The van der Waals surface area contributed by atoms with Gasteiger partial charge in [0.1, 0.15) is 5.82 Å². The zero-order chi connectivity index (χ0) is 11.0. The smallest absolute Gasteiger partial charge is 0.209 e. The second kappa shape index (κ2) is 3.70. The standard InChI is InChI=1S/C10H14N6/c1-2-3-4-15-5-6-16-7-11-9-8(10(15)16)12-14-13-9/h7H,2-6H2,1H3. The molecule has 0 fully saturated rings. The molecule has 0 bridgehead atoms. The van der Waals surface area contributed by atoms with Crippen molar-refractivity contribution in [3.63, 3.8) is 0 Å². The molecule has 6 nitrogen and oxygen atoms in total. The Morgan fingerprint density at radius 3 is 3.12 bits per heavy atom. The van der Waals surface area contributed by atoms with Gasteiger partial charge in [0, 0.05) is 19.6 Å². The lowest BCUT2D eigenvalue weighted by atomic mass is 10.3. The first-order chi connectivity index (χ1) is 7.90. The summed E-state index contributed by atoms with van der Waals surface area (Å²) >= 11 is 0. The van der Waals surface area contributed by atoms with Gasteiger partial charge in [-0.2, -0.15) is 0 Å². The van der Waals surface area contributed by atoms with Gasteiger partial charge in [-0.05, 0) is 11.6 Å². The van der Waals surface area contributed by atoms with E-state index in [2.05, 4.69) is 36.8 Å². The Balaban J connectivity index is 2.00. The highest BCUT2D eigenvalue weighted by atomic mass is 15.4. The zero-order valence-corrected chi connectivity index (χ0v) is 9.30. The van der Waals surface area contributed by atoms with Crippen molar-refractivity contribution in [1.29, 1.82) is 0 Å². The number of rotatable bonds is 3. The van der Waals surface area contributed by atoms with Crippen LogP contribution in [0.25, 0.3) is 11.5 Å². The van der Waals surface area contributed by atoms with Crippen LogP contribution in [-0.2, 0) is 6.54 Å². The first-order valence-electron chi connectivity index (χ1n) is 5.69. The average Bonchev–Trinajstić information content (AvgIpc) is 2.91. The average molecular weight is 218 g/mol. The monoisotopic (exact) mass is 218 g/mol. The van der Waals surface area contributed by atoms with E-state index >= 15 is 0 Å². The number of hydrogen-bond donors (Lipinski definition) is 0. The maximum atomic E-state index is 4.23. The molecule has 0 N–H and O–H groups in total. The van der Waals surface area contributed by atoms with Crippen molar-refractivity contribution < 1.29 is 0 Å². The molecule has 0 aromatic carbocycles. The number of aromatic nitrogens is 5. The Hall–Kier alpha value is -1.72. The summed E-state index contributed by atoms with van der Waals surface area (Å²) in [5.41, 5.74) is 0.830. The lowest BCUT2D eigenvalue weighted by Crippen LogP contribution is -2.22. The number of unbranched alkanes of at least 4 members (excludes halogenated alkanes) is 1. The fourth-order valence-electron chi connectivity index (χ4n) is 2.14. The highest BCUT2D eigenvalue weighted by Gasteiger charge is 2.26. The molecular weight excluding hydrogens is 204 g/mol. The molecular formula is C10H14N6. The number of anilines is 1. The number of hydrogen-bond acceptors (Lipinski definition) is 5. The van der Waals surface area contributed by atoms with Gasteiger partial charge in [-0.15, -0.1) is 10.2 Å². The van der Waals surface area contributed by atoms with E-state index in [1.54, 1.807) is 0 Å². The van der Waals surface area contributed by atoms with E-state index in [1.165, 1.54) is 12.8 Å². The third kappa shape index (κ3) is 1.33. The number of fused-ring (bicyclic) bond motifs is 3. The first kappa shape index (κ1) is 9.50. The van der Waals surface area contributed by atoms with Crippen LogP contribution < -0.4 is 4.90 Å². The van der Waals surface area contributed by atoms with Gasteiger partial charge < -0.3 is 9.47 Å². The number of nitrogens with zero attached hydrogens (tertiary/aromatic N) is 6. The predicted molar refractivity (Wildman–Crippen MR) is 59.4 cm³/mol. The van der Waals surface area contributed by atoms with E-state index in [-0.39, 0.29) is 0 Å².